The molecular weight excluding hydrogens is 402 g/mol. The van der Waals surface area contributed by atoms with Crippen molar-refractivity contribution in [2.24, 2.45) is 0 Å². The molecule has 2 aliphatic heterocycles. The molecule has 3 heterocycles. The van der Waals surface area contributed by atoms with Crippen LogP contribution in [0.4, 0.5) is 4.79 Å². The fourth-order valence-corrected chi connectivity index (χ4v) is 3.61. The molecule has 0 spiro atoms. The largest absolute Gasteiger partial charge is 0.497 e. The number of amides is 3. The number of carbonyl (C=O) groups is 2. The highest BCUT2D eigenvalue weighted by Gasteiger charge is 2.46. The maximum atomic E-state index is 12.7. The number of urea groups is 1. The van der Waals surface area contributed by atoms with Crippen LogP contribution in [0.15, 0.2) is 42.6 Å². The van der Waals surface area contributed by atoms with Gasteiger partial charge in [-0.3, -0.25) is 10.1 Å². The summed E-state index contributed by atoms with van der Waals surface area (Å²) in [5.41, 5.74) is -0.978. The van der Waals surface area contributed by atoms with E-state index in [0.29, 0.717) is 28.2 Å². The molecule has 1 fully saturated rings. The molecule has 5 rings (SSSR count). The lowest BCUT2D eigenvalue weighted by atomic mass is 9.99. The molecule has 1 saturated heterocycles. The maximum Gasteiger partial charge on any atom is 0.323 e. The molecule has 0 radical (unpaired) electrons. The van der Waals surface area contributed by atoms with Gasteiger partial charge in [0.15, 0.2) is 17.4 Å². The topological polar surface area (TPSA) is 111 Å². The molecule has 1 aromatic heterocycles. The van der Waals surface area contributed by atoms with E-state index in [1.807, 2.05) is 0 Å². The number of rotatable bonds is 3. The Morgan fingerprint density at radius 1 is 1.19 bits per heavy atom. The summed E-state index contributed by atoms with van der Waals surface area (Å²) in [5, 5.41) is 16.8. The molecule has 3 N–H and O–H groups in total. The van der Waals surface area contributed by atoms with Crippen molar-refractivity contribution >= 4 is 22.7 Å². The average Bonchev–Trinajstić information content (AvgIpc) is 3.43. The number of hydrogen-bond acceptors (Lipinski definition) is 6. The minimum absolute atomic E-state index is 0.0629. The zero-order valence-electron chi connectivity index (χ0n) is 16.4. The van der Waals surface area contributed by atoms with Crippen molar-refractivity contribution < 1.29 is 28.9 Å². The lowest BCUT2D eigenvalue weighted by Gasteiger charge is -2.20. The van der Waals surface area contributed by atoms with E-state index in [-0.39, 0.29) is 19.2 Å². The van der Waals surface area contributed by atoms with Crippen molar-refractivity contribution in [3.05, 3.63) is 48.2 Å². The summed E-state index contributed by atoms with van der Waals surface area (Å²) in [4.78, 5) is 24.6. The Morgan fingerprint density at radius 2 is 2.03 bits per heavy atom. The van der Waals surface area contributed by atoms with Crippen molar-refractivity contribution in [3.63, 3.8) is 0 Å². The predicted octanol–water partition coefficient (Wildman–Crippen LogP) is 1.71. The Labute approximate surface area is 176 Å². The Hall–Kier alpha value is -4.32. The summed E-state index contributed by atoms with van der Waals surface area (Å²) in [5.74, 6) is 6.91. The fourth-order valence-electron chi connectivity index (χ4n) is 3.61. The molecule has 156 valence electrons. The van der Waals surface area contributed by atoms with Gasteiger partial charge in [0.2, 0.25) is 12.3 Å². The van der Waals surface area contributed by atoms with Crippen LogP contribution in [-0.2, 0) is 11.3 Å². The van der Waals surface area contributed by atoms with Crippen LogP contribution in [0.2, 0.25) is 0 Å². The zero-order valence-corrected chi connectivity index (χ0v) is 16.4. The van der Waals surface area contributed by atoms with Gasteiger partial charge >= 0.3 is 6.03 Å². The van der Waals surface area contributed by atoms with Gasteiger partial charge in [0.05, 0.1) is 13.7 Å². The van der Waals surface area contributed by atoms with Crippen molar-refractivity contribution in [2.45, 2.75) is 12.1 Å². The minimum Gasteiger partial charge on any atom is -0.497 e. The van der Waals surface area contributed by atoms with Crippen molar-refractivity contribution in [1.82, 2.24) is 15.2 Å². The quantitative estimate of drug-likeness (QED) is 0.440. The van der Waals surface area contributed by atoms with Crippen LogP contribution in [-0.4, -0.2) is 41.1 Å². The summed E-state index contributed by atoms with van der Waals surface area (Å²) in [6.45, 7) is 0.0464. The Balaban J connectivity index is 1.53. The van der Waals surface area contributed by atoms with Gasteiger partial charge in [-0.1, -0.05) is 11.8 Å². The second kappa shape index (κ2) is 6.88. The van der Waals surface area contributed by atoms with Gasteiger partial charge in [-0.15, -0.1) is 0 Å². The van der Waals surface area contributed by atoms with Crippen LogP contribution in [0, 0.1) is 11.8 Å². The third-order valence-electron chi connectivity index (χ3n) is 5.21. The number of aromatic nitrogens is 1. The molecule has 31 heavy (non-hydrogen) atoms. The lowest BCUT2D eigenvalue weighted by Crippen LogP contribution is -2.49. The van der Waals surface area contributed by atoms with Gasteiger partial charge in [-0.05, 0) is 36.4 Å². The molecule has 3 amide bonds. The number of ether oxygens (including phenoxy) is 3. The summed E-state index contributed by atoms with van der Waals surface area (Å²) in [6, 6.07) is 9.77. The maximum absolute atomic E-state index is 12.7. The number of carbonyl (C=O) groups excluding carboxylic acids is 2. The molecule has 3 aromatic rings. The van der Waals surface area contributed by atoms with Crippen LogP contribution < -0.4 is 24.8 Å². The number of methoxy groups -OCH3 is 1. The van der Waals surface area contributed by atoms with Gasteiger partial charge in [0.1, 0.15) is 5.75 Å². The summed E-state index contributed by atoms with van der Waals surface area (Å²) >= 11 is 0. The van der Waals surface area contributed by atoms with E-state index in [4.69, 9.17) is 14.2 Å². The Morgan fingerprint density at radius 3 is 2.81 bits per heavy atom. The molecule has 2 aliphatic rings. The molecule has 9 nitrogen and oxygen atoms in total. The van der Waals surface area contributed by atoms with Gasteiger partial charge in [-0.2, -0.15) is 0 Å². The Kier molecular flexibility index (Phi) is 4.15. The highest BCUT2D eigenvalue weighted by Crippen LogP contribution is 2.33. The van der Waals surface area contributed by atoms with E-state index in [0.717, 1.165) is 5.39 Å². The second-order valence-electron chi connectivity index (χ2n) is 7.17. The molecule has 2 aromatic carbocycles. The third-order valence-corrected chi connectivity index (χ3v) is 5.21. The molecule has 0 aliphatic carbocycles. The van der Waals surface area contributed by atoms with Gasteiger partial charge < -0.3 is 29.2 Å². The van der Waals surface area contributed by atoms with Gasteiger partial charge in [0.25, 0.3) is 5.91 Å². The number of aromatic hydroxyl groups is 1. The number of fused-ring (bicyclic) bond motifs is 2. The minimum atomic E-state index is -1.57. The molecule has 0 saturated carbocycles. The first kappa shape index (κ1) is 18.7. The molecule has 1 atom stereocenters. The van der Waals surface area contributed by atoms with Crippen molar-refractivity contribution in [1.29, 1.82) is 0 Å². The molecule has 9 heteroatoms. The van der Waals surface area contributed by atoms with Gasteiger partial charge in [0, 0.05) is 22.5 Å². The van der Waals surface area contributed by atoms with E-state index in [1.165, 1.54) is 11.7 Å². The smallest absolute Gasteiger partial charge is 0.323 e. The molecule has 0 unspecified atom stereocenters. The zero-order chi connectivity index (χ0) is 21.6. The number of hydrogen-bond donors (Lipinski definition) is 3. The van der Waals surface area contributed by atoms with Crippen LogP contribution in [0.5, 0.6) is 23.1 Å². The first-order valence-electron chi connectivity index (χ1n) is 9.40. The summed E-state index contributed by atoms with van der Waals surface area (Å²) in [7, 11) is 1.54. The highest BCUT2D eigenvalue weighted by atomic mass is 16.7. The van der Waals surface area contributed by atoms with E-state index in [1.54, 1.807) is 42.6 Å². The fraction of sp³-hybridized carbons (Fsp3) is 0.182. The monoisotopic (exact) mass is 419 g/mol. The highest BCUT2D eigenvalue weighted by molar-refractivity contribution is 6.09. The van der Waals surface area contributed by atoms with Crippen LogP contribution in [0.25, 0.3) is 10.8 Å². The first-order valence-corrected chi connectivity index (χ1v) is 9.40. The van der Waals surface area contributed by atoms with Gasteiger partial charge in [-0.25, -0.2) is 4.79 Å². The number of benzene rings is 2. The summed E-state index contributed by atoms with van der Waals surface area (Å²) in [6.07, 6.45) is 1.69. The van der Waals surface area contributed by atoms with Crippen molar-refractivity contribution in [2.75, 3.05) is 13.9 Å². The molecule has 0 bridgehead atoms. The first-order chi connectivity index (χ1) is 15.0. The normalized spacial score (nSPS) is 19.0. The average molecular weight is 419 g/mol. The van der Waals surface area contributed by atoms with Crippen molar-refractivity contribution in [3.8, 4) is 35.0 Å². The number of imide groups is 1. The van der Waals surface area contributed by atoms with E-state index in [2.05, 4.69) is 22.5 Å². The second-order valence-corrected chi connectivity index (χ2v) is 7.17. The lowest BCUT2D eigenvalue weighted by molar-refractivity contribution is -0.122. The SMILES string of the molecule is COc1ccc2cn(C[C@@]3(C#Cc4ccc5c(c4)OCO5)NC(=O)NC3=O)c(O)c2c1. The number of nitrogens with zero attached hydrogens (tertiary/aromatic N) is 1. The summed E-state index contributed by atoms with van der Waals surface area (Å²) < 4.78 is 17.3. The molecular formula is C22H17N3O6. The Bertz CT molecular complexity index is 1300. The van der Waals surface area contributed by atoms with Crippen LogP contribution >= 0.6 is 0 Å². The van der Waals surface area contributed by atoms with E-state index >= 15 is 0 Å². The van der Waals surface area contributed by atoms with Crippen LogP contribution in [0.1, 0.15) is 5.56 Å². The third kappa shape index (κ3) is 3.14. The predicted molar refractivity (Wildman–Crippen MR) is 109 cm³/mol. The van der Waals surface area contributed by atoms with E-state index < -0.39 is 17.5 Å². The standard InChI is InChI=1S/C22H17N3O6/c1-29-15-4-3-14-10-25(19(26)16(14)9-15)11-22(20(27)23-21(28)24-22)7-6-13-2-5-17-18(8-13)31-12-30-17/h2-5,8-10,26H,11-12H2,1H3,(H2,23,24,27,28)/t22-/m1/s1. The van der Waals surface area contributed by atoms with E-state index in [9.17, 15) is 14.7 Å². The number of nitrogens with one attached hydrogen (secondary N) is 2. The van der Waals surface area contributed by atoms with Crippen LogP contribution in [0.3, 0.4) is 0 Å².